The number of carbonyl (C=O) groups is 4. The molecule has 0 spiro atoms. The maximum Gasteiger partial charge on any atom is 0.238 e. The first-order chi connectivity index (χ1) is 50.1. The maximum absolute atomic E-state index is 18.4. The highest BCUT2D eigenvalue weighted by molar-refractivity contribution is 6.91. The van der Waals surface area contributed by atoms with E-state index in [2.05, 4.69) is 279 Å². The molecule has 2 fully saturated rings. The molecule has 0 aromatic heterocycles. The van der Waals surface area contributed by atoms with Crippen molar-refractivity contribution in [3.8, 4) is 22.9 Å². The van der Waals surface area contributed by atoms with Crippen LogP contribution in [0.1, 0.15) is 310 Å². The van der Waals surface area contributed by atoms with Crippen molar-refractivity contribution in [3.63, 3.8) is 0 Å². The lowest BCUT2D eigenvalue weighted by molar-refractivity contribution is -0.149. The smallest absolute Gasteiger partial charge is 0.238 e. The molecule has 14 aliphatic rings. The third-order valence-electron chi connectivity index (χ3n) is 30.4. The summed E-state index contributed by atoms with van der Waals surface area (Å²) in [7, 11) is -5.41. The van der Waals surface area contributed by atoms with Gasteiger partial charge < -0.3 is 0 Å². The quantitative estimate of drug-likeness (QED) is 0.0487. The highest BCUT2D eigenvalue weighted by Gasteiger charge is 2.90. The van der Waals surface area contributed by atoms with Crippen molar-refractivity contribution in [2.24, 2.45) is 33.5 Å². The largest absolute Gasteiger partial charge is 0.281 e. The number of benzene rings is 7. The molecule has 0 N–H and O–H groups in total. The van der Waals surface area contributed by atoms with Crippen LogP contribution in [-0.4, -0.2) is 62.7 Å². The van der Waals surface area contributed by atoms with Crippen molar-refractivity contribution in [2.75, 3.05) is 13.1 Å². The molecule has 0 saturated carbocycles. The molecule has 8 bridgehead atoms. The standard InChI is InChI=1S/C96H108N2O4Si2/c1-17-21-35-61(19-3)53-97-89(99)93-81-63-37-23-25-39-65(63)82(66-40-26-24-38-64(66)81)94(93,90(97)100)86-72-46-32-31-45-71(72)85(93)77-75(49-51-103(55(5)6,56(7)8)57(9)10)79-80(76(78(77)86)50-52-104(58(11)12,59(13)14)60(15)16)88-74-48-34-33-47-73(74)87(79)95-83-67-41-27-29-43-69(67)84(70-44-30-28-42-68(70)83)96(88,95)92(102)98(91(95)101)54-62(20-4)36-22-18-2/h23-34,37-48,55-62,81-88H,17-22,35-36,53-54H2,1-16H3/t61-,62+,81?,82?,83?,84?,85-,86+,87-,88+,93+,94-,95+,96-. The van der Waals surface area contributed by atoms with Crippen LogP contribution in [-0.2, 0) is 19.2 Å². The minimum atomic E-state index is -2.70. The molecule has 8 heteroatoms. The molecule has 12 aliphatic carbocycles. The molecular formula is C96H108N2O4Si2. The zero-order valence-electron chi connectivity index (χ0n) is 64.7. The molecule has 21 rings (SSSR count). The number of unbranched alkanes of at least 4 members (excludes halogenated alkanes) is 2. The lowest BCUT2D eigenvalue weighted by Crippen LogP contribution is -2.69. The Hall–Kier alpha value is -7.63. The Morgan fingerprint density at radius 3 is 0.683 bits per heavy atom. The van der Waals surface area contributed by atoms with E-state index in [1.807, 2.05) is 9.80 Å². The zero-order valence-corrected chi connectivity index (χ0v) is 66.7. The van der Waals surface area contributed by atoms with Gasteiger partial charge in [-0.3, -0.25) is 29.0 Å². The van der Waals surface area contributed by atoms with Gasteiger partial charge in [-0.1, -0.05) is 307 Å². The lowest BCUT2D eigenvalue weighted by Gasteiger charge is -2.71. The molecule has 2 aliphatic heterocycles. The second-order valence-electron chi connectivity index (χ2n) is 35.7. The Morgan fingerprint density at radius 1 is 0.317 bits per heavy atom. The summed E-state index contributed by atoms with van der Waals surface area (Å²) in [5, 5.41) is 0. The summed E-state index contributed by atoms with van der Waals surface area (Å²) in [6.07, 6.45) is 7.62. The van der Waals surface area contributed by atoms with Crippen LogP contribution in [0.3, 0.4) is 0 Å². The average Bonchev–Trinajstić information content (AvgIpc) is 1.25. The van der Waals surface area contributed by atoms with Gasteiger partial charge in [0.15, 0.2) is 0 Å². The Labute approximate surface area is 622 Å². The van der Waals surface area contributed by atoms with Gasteiger partial charge in [0, 0.05) is 71.6 Å². The van der Waals surface area contributed by atoms with Gasteiger partial charge in [0.25, 0.3) is 0 Å². The number of carbonyl (C=O) groups excluding carboxylic acids is 4. The first-order valence-corrected chi connectivity index (χ1v) is 45.1. The summed E-state index contributed by atoms with van der Waals surface area (Å²) in [4.78, 5) is 77.4. The van der Waals surface area contributed by atoms with Crippen molar-refractivity contribution >= 4 is 39.8 Å². The van der Waals surface area contributed by atoms with Crippen molar-refractivity contribution in [1.82, 2.24) is 9.80 Å². The fraction of sp³-hybridized carbons (Fsp3) is 0.479. The Kier molecular flexibility index (Phi) is 16.3. The topological polar surface area (TPSA) is 74.8 Å². The van der Waals surface area contributed by atoms with Crippen LogP contribution < -0.4 is 0 Å². The van der Waals surface area contributed by atoms with Gasteiger partial charge in [-0.15, -0.1) is 11.1 Å². The van der Waals surface area contributed by atoms with Crippen molar-refractivity contribution < 1.29 is 19.2 Å². The van der Waals surface area contributed by atoms with Crippen LogP contribution in [0.2, 0.25) is 33.2 Å². The normalized spacial score (nSPS) is 28.1. The maximum atomic E-state index is 18.4. The number of hydrogen-bond acceptors (Lipinski definition) is 4. The van der Waals surface area contributed by atoms with E-state index in [0.29, 0.717) is 13.1 Å². The molecule has 10 atom stereocenters. The van der Waals surface area contributed by atoms with E-state index in [4.69, 9.17) is 0 Å². The van der Waals surface area contributed by atoms with Gasteiger partial charge in [0.1, 0.15) is 16.1 Å². The number of amides is 4. The van der Waals surface area contributed by atoms with Crippen molar-refractivity contribution in [1.29, 1.82) is 0 Å². The van der Waals surface area contributed by atoms with Gasteiger partial charge in [0.2, 0.25) is 23.6 Å². The molecule has 104 heavy (non-hydrogen) atoms. The SMILES string of the molecule is CCCC[C@@H](CC)CN1C(=O)[C@@]23C4c5ccccc5C(c5ccccc54)[C@]2(C1=O)[C@H]1c2ccccc2[C@@H]3c2c(C#C[Si](C(C)C)(C(C)C)C(C)C)c3c(c(C#C[Si](C(C)C)(C(C)C)C(C)C)c21)[C@@H]1c2ccccc2[C@H]3[C@@]23C(=O)N(C[C@@H](CC)CCCC)C(=O)[C@@]12C1c2ccccc2C3c2ccccc21. The highest BCUT2D eigenvalue weighted by Crippen LogP contribution is 2.90. The molecule has 0 unspecified atom stereocenters. The molecule has 7 aromatic rings. The number of imide groups is 2. The van der Waals surface area contributed by atoms with Crippen LogP contribution >= 0.6 is 0 Å². The van der Waals surface area contributed by atoms with E-state index in [0.717, 1.165) is 152 Å². The second-order valence-corrected chi connectivity index (χ2v) is 46.8. The average molecular weight is 1410 g/mol. The van der Waals surface area contributed by atoms with Gasteiger partial charge >= 0.3 is 0 Å². The van der Waals surface area contributed by atoms with Gasteiger partial charge in [-0.2, -0.15) is 0 Å². The Morgan fingerprint density at radius 2 is 0.510 bits per heavy atom. The zero-order chi connectivity index (χ0) is 73.0. The van der Waals surface area contributed by atoms with E-state index in [-0.39, 0.29) is 68.7 Å². The number of likely N-dealkylation sites (tertiary alicyclic amines) is 2. The van der Waals surface area contributed by atoms with Gasteiger partial charge in [0.05, 0.1) is 21.7 Å². The third kappa shape index (κ3) is 8.02. The van der Waals surface area contributed by atoms with Crippen molar-refractivity contribution in [3.05, 3.63) is 246 Å². The summed E-state index contributed by atoms with van der Waals surface area (Å²) in [5.41, 5.74) is 24.8. The van der Waals surface area contributed by atoms with E-state index in [9.17, 15) is 0 Å². The predicted molar refractivity (Wildman–Crippen MR) is 425 cm³/mol. The lowest BCUT2D eigenvalue weighted by atomic mass is 9.27. The monoisotopic (exact) mass is 1410 g/mol. The first kappa shape index (κ1) is 69.4. The van der Waals surface area contributed by atoms with Crippen LogP contribution in [0.25, 0.3) is 0 Å². The van der Waals surface area contributed by atoms with E-state index < -0.39 is 85.2 Å². The molecule has 2 heterocycles. The number of nitrogens with zero attached hydrogens (tertiary/aromatic N) is 2. The summed E-state index contributed by atoms with van der Waals surface area (Å²) in [6.45, 7) is 38.7. The third-order valence-corrected chi connectivity index (χ3v) is 43.0. The molecular weight excluding hydrogens is 1300 g/mol. The molecule has 534 valence electrons. The predicted octanol–water partition coefficient (Wildman–Crippen LogP) is 21.7. The molecule has 2 saturated heterocycles. The van der Waals surface area contributed by atoms with Gasteiger partial charge in [-0.05, 0) is 147 Å². The molecule has 7 aromatic carbocycles. The molecule has 0 radical (unpaired) electrons. The molecule has 4 amide bonds. The van der Waals surface area contributed by atoms with Crippen LogP contribution in [0, 0.1) is 56.4 Å². The minimum Gasteiger partial charge on any atom is -0.281 e. The van der Waals surface area contributed by atoms with E-state index in [1.165, 1.54) is 0 Å². The second kappa shape index (κ2) is 24.5. The van der Waals surface area contributed by atoms with E-state index >= 15 is 19.2 Å². The van der Waals surface area contributed by atoms with Crippen LogP contribution in [0.15, 0.2) is 146 Å². The minimum absolute atomic E-state index is 0.0416. The fourth-order valence-electron chi connectivity index (χ4n) is 26.9. The Bertz CT molecular complexity index is 4260. The van der Waals surface area contributed by atoms with Crippen molar-refractivity contribution in [2.45, 2.75) is 243 Å². The number of rotatable bonds is 18. The van der Waals surface area contributed by atoms with E-state index in [1.54, 1.807) is 0 Å². The van der Waals surface area contributed by atoms with Gasteiger partial charge in [-0.25, -0.2) is 0 Å². The molecule has 6 nitrogen and oxygen atoms in total. The van der Waals surface area contributed by atoms with Crippen LogP contribution in [0.5, 0.6) is 0 Å². The summed E-state index contributed by atoms with van der Waals surface area (Å²) in [6, 6.07) is 54.0. The highest BCUT2D eigenvalue weighted by atomic mass is 28.3. The van der Waals surface area contributed by atoms with Crippen LogP contribution in [0.4, 0.5) is 0 Å². The number of hydrogen-bond donors (Lipinski definition) is 0. The Balaban J connectivity index is 1.13. The summed E-state index contributed by atoms with van der Waals surface area (Å²) < 4.78 is 0. The first-order valence-electron chi connectivity index (χ1n) is 40.7. The summed E-state index contributed by atoms with van der Waals surface area (Å²) >= 11 is 0. The fourth-order valence-corrected chi connectivity index (χ4v) is 37.3. The summed E-state index contributed by atoms with van der Waals surface area (Å²) in [5.74, 6) is 4.28.